The molecule has 1 aromatic heterocycles. The Labute approximate surface area is 153 Å². The maximum absolute atomic E-state index is 10.6. The van der Waals surface area contributed by atoms with Crippen LogP contribution in [0.3, 0.4) is 0 Å². The van der Waals surface area contributed by atoms with E-state index in [-0.39, 0.29) is 6.10 Å². The fraction of sp³-hybridized carbons (Fsp3) is 0.333. The highest BCUT2D eigenvalue weighted by atomic mass is 16.5. The Morgan fingerprint density at radius 3 is 2.35 bits per heavy atom. The topological polar surface area (TPSA) is 62.4 Å². The highest BCUT2D eigenvalue weighted by Gasteiger charge is 2.27. The molecule has 0 bridgehead atoms. The van der Waals surface area contributed by atoms with Crippen LogP contribution in [0.25, 0.3) is 11.4 Å². The molecule has 3 aromatic rings. The second kappa shape index (κ2) is 7.70. The number of hydrogen-bond acceptors (Lipinski definition) is 5. The molecule has 5 heteroatoms. The van der Waals surface area contributed by atoms with Crippen molar-refractivity contribution in [3.63, 3.8) is 0 Å². The number of aliphatic hydroxyl groups excluding tert-OH is 1. The fourth-order valence-corrected chi connectivity index (χ4v) is 3.55. The lowest BCUT2D eigenvalue weighted by atomic mass is 9.88. The van der Waals surface area contributed by atoms with E-state index in [1.165, 1.54) is 5.56 Å². The van der Waals surface area contributed by atoms with Gasteiger partial charge in [-0.25, -0.2) is 0 Å². The second-order valence-electron chi connectivity index (χ2n) is 6.85. The molecule has 2 heterocycles. The molecule has 134 valence electrons. The maximum Gasteiger partial charge on any atom is 0.324 e. The number of rotatable bonds is 5. The molecule has 1 N–H and O–H groups in total. The molecule has 0 amide bonds. The number of nitrogens with zero attached hydrogens (tertiary/aromatic N) is 3. The third-order valence-corrected chi connectivity index (χ3v) is 5.09. The molecular weight excluding hydrogens is 326 g/mol. The average molecular weight is 349 g/mol. The first-order chi connectivity index (χ1) is 12.8. The van der Waals surface area contributed by atoms with Gasteiger partial charge in [-0.05, 0) is 30.7 Å². The molecule has 1 atom stereocenters. The summed E-state index contributed by atoms with van der Waals surface area (Å²) in [4.78, 5) is 6.64. The highest BCUT2D eigenvalue weighted by molar-refractivity contribution is 5.55. The molecule has 0 spiro atoms. The Kier molecular flexibility index (Phi) is 4.97. The lowest BCUT2D eigenvalue weighted by Crippen LogP contribution is -2.38. The number of aromatic nitrogens is 2. The van der Waals surface area contributed by atoms with Gasteiger partial charge in [0, 0.05) is 18.7 Å². The Balaban J connectivity index is 1.34. The third-order valence-electron chi connectivity index (χ3n) is 5.09. The molecular formula is C21H23N3O2. The minimum atomic E-state index is -0.304. The van der Waals surface area contributed by atoms with Crippen LogP contribution >= 0.6 is 0 Å². The van der Waals surface area contributed by atoms with E-state index in [1.54, 1.807) is 0 Å². The SMILES string of the molecule is O[C@@H](Cc1ccccc1)C1CCN(c2nc(-c3ccccc3)no2)CC1. The van der Waals surface area contributed by atoms with Gasteiger partial charge in [-0.3, -0.25) is 0 Å². The summed E-state index contributed by atoms with van der Waals surface area (Å²) in [5, 5.41) is 14.7. The van der Waals surface area contributed by atoms with Crippen LogP contribution in [0.5, 0.6) is 0 Å². The normalized spacial score (nSPS) is 16.6. The summed E-state index contributed by atoms with van der Waals surface area (Å²) in [5.74, 6) is 0.926. The summed E-state index contributed by atoms with van der Waals surface area (Å²) >= 11 is 0. The highest BCUT2D eigenvalue weighted by Crippen LogP contribution is 2.27. The van der Waals surface area contributed by atoms with Gasteiger partial charge in [0.1, 0.15) is 0 Å². The van der Waals surface area contributed by atoms with Crippen molar-refractivity contribution in [3.8, 4) is 11.4 Å². The lowest BCUT2D eigenvalue weighted by molar-refractivity contribution is 0.0921. The van der Waals surface area contributed by atoms with Crippen LogP contribution in [-0.4, -0.2) is 34.4 Å². The maximum atomic E-state index is 10.6. The zero-order valence-electron chi connectivity index (χ0n) is 14.7. The first-order valence-electron chi connectivity index (χ1n) is 9.15. The molecule has 1 aliphatic rings. The van der Waals surface area contributed by atoms with Crippen LogP contribution in [0.4, 0.5) is 6.01 Å². The number of hydrogen-bond donors (Lipinski definition) is 1. The zero-order valence-corrected chi connectivity index (χ0v) is 14.7. The number of benzene rings is 2. The van der Waals surface area contributed by atoms with E-state index in [1.807, 2.05) is 48.5 Å². The summed E-state index contributed by atoms with van der Waals surface area (Å²) in [6.45, 7) is 1.65. The molecule has 5 nitrogen and oxygen atoms in total. The Hall–Kier alpha value is -2.66. The lowest BCUT2D eigenvalue weighted by Gasteiger charge is -2.33. The Morgan fingerprint density at radius 1 is 1.00 bits per heavy atom. The van der Waals surface area contributed by atoms with E-state index in [9.17, 15) is 5.11 Å². The van der Waals surface area contributed by atoms with E-state index in [2.05, 4.69) is 27.2 Å². The third kappa shape index (κ3) is 3.78. The molecule has 26 heavy (non-hydrogen) atoms. The van der Waals surface area contributed by atoms with E-state index >= 15 is 0 Å². The van der Waals surface area contributed by atoms with Crippen molar-refractivity contribution in [2.24, 2.45) is 5.92 Å². The van der Waals surface area contributed by atoms with Gasteiger partial charge in [-0.1, -0.05) is 65.8 Å². The summed E-state index contributed by atoms with van der Waals surface area (Å²) in [6, 6.07) is 20.6. The largest absolute Gasteiger partial charge is 0.392 e. The van der Waals surface area contributed by atoms with E-state index < -0.39 is 0 Å². The monoisotopic (exact) mass is 349 g/mol. The molecule has 1 fully saturated rings. The van der Waals surface area contributed by atoms with Crippen molar-refractivity contribution < 1.29 is 9.63 Å². The second-order valence-corrected chi connectivity index (χ2v) is 6.85. The van der Waals surface area contributed by atoms with Crippen LogP contribution in [0.2, 0.25) is 0 Å². The molecule has 0 saturated carbocycles. The van der Waals surface area contributed by atoms with Gasteiger partial charge < -0.3 is 14.5 Å². The quantitative estimate of drug-likeness (QED) is 0.763. The van der Waals surface area contributed by atoms with Gasteiger partial charge in [0.05, 0.1) is 6.10 Å². The smallest absolute Gasteiger partial charge is 0.324 e. The van der Waals surface area contributed by atoms with Crippen molar-refractivity contribution in [3.05, 3.63) is 66.2 Å². The first-order valence-corrected chi connectivity index (χ1v) is 9.15. The number of anilines is 1. The fourth-order valence-electron chi connectivity index (χ4n) is 3.55. The van der Waals surface area contributed by atoms with Gasteiger partial charge >= 0.3 is 6.01 Å². The molecule has 2 aromatic carbocycles. The predicted molar refractivity (Wildman–Crippen MR) is 101 cm³/mol. The Bertz CT molecular complexity index is 812. The predicted octanol–water partition coefficient (Wildman–Crippen LogP) is 3.56. The van der Waals surface area contributed by atoms with Crippen LogP contribution in [0, 0.1) is 5.92 Å². The summed E-state index contributed by atoms with van der Waals surface area (Å²) in [6.07, 6.45) is 2.26. The minimum Gasteiger partial charge on any atom is -0.392 e. The van der Waals surface area contributed by atoms with Crippen LogP contribution in [0.15, 0.2) is 65.2 Å². The standard InChI is InChI=1S/C21H23N3O2/c25-19(15-16-7-3-1-4-8-16)17-11-13-24(14-12-17)21-22-20(23-26-21)18-9-5-2-6-10-18/h1-10,17,19,25H,11-15H2/t19-/m0/s1. The van der Waals surface area contributed by atoms with E-state index in [0.29, 0.717) is 24.2 Å². The van der Waals surface area contributed by atoms with Crippen LogP contribution in [0.1, 0.15) is 18.4 Å². The van der Waals surface area contributed by atoms with Gasteiger partial charge in [-0.2, -0.15) is 4.98 Å². The van der Waals surface area contributed by atoms with Crippen LogP contribution < -0.4 is 4.90 Å². The molecule has 0 unspecified atom stereocenters. The van der Waals surface area contributed by atoms with Crippen molar-refractivity contribution in [1.82, 2.24) is 10.1 Å². The molecule has 4 rings (SSSR count). The first kappa shape index (κ1) is 16.8. The molecule has 0 radical (unpaired) electrons. The summed E-state index contributed by atoms with van der Waals surface area (Å²) < 4.78 is 5.45. The molecule has 0 aliphatic carbocycles. The number of piperidine rings is 1. The van der Waals surface area contributed by atoms with Crippen molar-refractivity contribution in [2.45, 2.75) is 25.4 Å². The number of aliphatic hydroxyl groups is 1. The van der Waals surface area contributed by atoms with Gasteiger partial charge in [0.25, 0.3) is 0 Å². The van der Waals surface area contributed by atoms with E-state index in [0.717, 1.165) is 31.5 Å². The van der Waals surface area contributed by atoms with Gasteiger partial charge in [-0.15, -0.1) is 0 Å². The van der Waals surface area contributed by atoms with Crippen molar-refractivity contribution >= 4 is 6.01 Å². The van der Waals surface area contributed by atoms with Crippen molar-refractivity contribution in [1.29, 1.82) is 0 Å². The molecule has 1 saturated heterocycles. The van der Waals surface area contributed by atoms with Crippen LogP contribution in [-0.2, 0) is 6.42 Å². The zero-order chi connectivity index (χ0) is 17.8. The Morgan fingerprint density at radius 2 is 1.65 bits per heavy atom. The van der Waals surface area contributed by atoms with Crippen molar-refractivity contribution in [2.75, 3.05) is 18.0 Å². The summed E-state index contributed by atoms with van der Waals surface area (Å²) in [7, 11) is 0. The summed E-state index contributed by atoms with van der Waals surface area (Å²) in [5.41, 5.74) is 2.14. The molecule has 1 aliphatic heterocycles. The van der Waals surface area contributed by atoms with Gasteiger partial charge in [0.15, 0.2) is 0 Å². The van der Waals surface area contributed by atoms with Gasteiger partial charge in [0.2, 0.25) is 5.82 Å². The van der Waals surface area contributed by atoms with E-state index in [4.69, 9.17) is 4.52 Å². The minimum absolute atomic E-state index is 0.304. The average Bonchev–Trinajstić information content (AvgIpc) is 3.20.